The lowest BCUT2D eigenvalue weighted by molar-refractivity contribution is 0.102. The van der Waals surface area contributed by atoms with Gasteiger partial charge >= 0.3 is 0 Å². The van der Waals surface area contributed by atoms with Crippen LogP contribution in [-0.4, -0.2) is 25.0 Å². The Hall–Kier alpha value is -2.88. The largest absolute Gasteiger partial charge is 0.378 e. The number of amides is 1. The number of hydrogen-bond acceptors (Lipinski definition) is 3. The van der Waals surface area contributed by atoms with Crippen molar-refractivity contribution in [2.45, 2.75) is 0 Å². The second-order valence-corrected chi connectivity index (χ2v) is 5.27. The minimum absolute atomic E-state index is 0.125. The van der Waals surface area contributed by atoms with E-state index in [-0.39, 0.29) is 5.91 Å². The van der Waals surface area contributed by atoms with Crippen molar-refractivity contribution < 1.29 is 4.79 Å². The molecule has 0 unspecified atom stereocenters. The van der Waals surface area contributed by atoms with Gasteiger partial charge in [-0.2, -0.15) is 0 Å². The third kappa shape index (κ3) is 2.76. The number of aromatic nitrogens is 1. The third-order valence-electron chi connectivity index (χ3n) is 3.52. The number of hydrogen-bond donors (Lipinski definition) is 1. The SMILES string of the molecule is CN(C)c1cccc(C(=O)Nc2cccc3ncccc23)c1. The molecule has 3 rings (SSSR count). The van der Waals surface area contributed by atoms with Crippen molar-refractivity contribution in [2.75, 3.05) is 24.3 Å². The van der Waals surface area contributed by atoms with Crippen LogP contribution in [0.15, 0.2) is 60.8 Å². The van der Waals surface area contributed by atoms with Crippen molar-refractivity contribution in [1.82, 2.24) is 4.98 Å². The maximum Gasteiger partial charge on any atom is 0.255 e. The lowest BCUT2D eigenvalue weighted by atomic mass is 10.1. The maximum absolute atomic E-state index is 12.5. The summed E-state index contributed by atoms with van der Waals surface area (Å²) < 4.78 is 0. The Morgan fingerprint density at radius 2 is 1.86 bits per heavy atom. The standard InChI is InChI=1S/C18H17N3O/c1-21(2)14-7-3-6-13(12-14)18(22)20-17-10-4-9-16-15(17)8-5-11-19-16/h3-12H,1-2H3,(H,20,22). The molecule has 2 aromatic carbocycles. The minimum Gasteiger partial charge on any atom is -0.378 e. The van der Waals surface area contributed by atoms with Crippen molar-refractivity contribution >= 4 is 28.2 Å². The van der Waals surface area contributed by atoms with Gasteiger partial charge in [-0.15, -0.1) is 0 Å². The van der Waals surface area contributed by atoms with Crippen LogP contribution in [0.3, 0.4) is 0 Å². The van der Waals surface area contributed by atoms with Gasteiger partial charge in [-0.05, 0) is 42.5 Å². The zero-order chi connectivity index (χ0) is 15.5. The molecule has 0 aliphatic heterocycles. The van der Waals surface area contributed by atoms with E-state index in [1.807, 2.05) is 73.6 Å². The Morgan fingerprint density at radius 3 is 2.68 bits per heavy atom. The van der Waals surface area contributed by atoms with Crippen molar-refractivity contribution in [3.8, 4) is 0 Å². The summed E-state index contributed by atoms with van der Waals surface area (Å²) in [6, 6.07) is 17.1. The molecule has 1 amide bonds. The number of carbonyl (C=O) groups is 1. The van der Waals surface area contributed by atoms with Crippen LogP contribution < -0.4 is 10.2 Å². The molecule has 4 heteroatoms. The molecule has 0 bridgehead atoms. The second-order valence-electron chi connectivity index (χ2n) is 5.27. The Labute approximate surface area is 129 Å². The van der Waals surface area contributed by atoms with Gasteiger partial charge < -0.3 is 10.2 Å². The van der Waals surface area contributed by atoms with Crippen LogP contribution >= 0.6 is 0 Å². The molecule has 110 valence electrons. The van der Waals surface area contributed by atoms with E-state index >= 15 is 0 Å². The van der Waals surface area contributed by atoms with E-state index in [0.29, 0.717) is 5.56 Å². The fourth-order valence-electron chi connectivity index (χ4n) is 2.33. The Kier molecular flexibility index (Phi) is 3.74. The first kappa shape index (κ1) is 14.1. The first-order valence-corrected chi connectivity index (χ1v) is 7.07. The fraction of sp³-hybridized carbons (Fsp3) is 0.111. The summed E-state index contributed by atoms with van der Waals surface area (Å²) >= 11 is 0. The quantitative estimate of drug-likeness (QED) is 0.802. The van der Waals surface area contributed by atoms with Crippen LogP contribution in [0.1, 0.15) is 10.4 Å². The van der Waals surface area contributed by atoms with Crippen LogP contribution in [0.2, 0.25) is 0 Å². The van der Waals surface area contributed by atoms with Gasteiger partial charge in [-0.1, -0.05) is 12.1 Å². The zero-order valence-electron chi connectivity index (χ0n) is 12.6. The average molecular weight is 291 g/mol. The highest BCUT2D eigenvalue weighted by atomic mass is 16.1. The molecule has 4 nitrogen and oxygen atoms in total. The predicted octanol–water partition coefficient (Wildman–Crippen LogP) is 3.55. The molecule has 0 aliphatic carbocycles. The van der Waals surface area contributed by atoms with Crippen LogP contribution in [-0.2, 0) is 0 Å². The van der Waals surface area contributed by atoms with E-state index in [0.717, 1.165) is 22.3 Å². The van der Waals surface area contributed by atoms with Gasteiger partial charge in [0.2, 0.25) is 0 Å². The summed E-state index contributed by atoms with van der Waals surface area (Å²) in [5.41, 5.74) is 3.26. The molecule has 0 radical (unpaired) electrons. The molecule has 0 aliphatic rings. The Morgan fingerprint density at radius 1 is 1.05 bits per heavy atom. The Bertz CT molecular complexity index is 822. The van der Waals surface area contributed by atoms with Gasteiger partial charge in [0, 0.05) is 36.9 Å². The van der Waals surface area contributed by atoms with E-state index in [1.165, 1.54) is 0 Å². The number of nitrogens with zero attached hydrogens (tertiary/aromatic N) is 2. The molecule has 0 fully saturated rings. The van der Waals surface area contributed by atoms with E-state index in [2.05, 4.69) is 10.3 Å². The highest BCUT2D eigenvalue weighted by Crippen LogP contribution is 2.22. The molecule has 1 aromatic heterocycles. The number of nitrogens with one attached hydrogen (secondary N) is 1. The Balaban J connectivity index is 1.92. The molecule has 3 aromatic rings. The van der Waals surface area contributed by atoms with Gasteiger partial charge in [-0.3, -0.25) is 9.78 Å². The number of benzene rings is 2. The first-order chi connectivity index (χ1) is 10.6. The monoisotopic (exact) mass is 291 g/mol. The summed E-state index contributed by atoms with van der Waals surface area (Å²) in [7, 11) is 3.90. The lowest BCUT2D eigenvalue weighted by Gasteiger charge is -2.14. The van der Waals surface area contributed by atoms with Crippen LogP contribution in [0.4, 0.5) is 11.4 Å². The summed E-state index contributed by atoms with van der Waals surface area (Å²) in [5, 5.41) is 3.90. The number of carbonyl (C=O) groups excluding carboxylic acids is 1. The van der Waals surface area contributed by atoms with Gasteiger partial charge in [0.05, 0.1) is 11.2 Å². The van der Waals surface area contributed by atoms with E-state index in [4.69, 9.17) is 0 Å². The molecule has 1 heterocycles. The van der Waals surface area contributed by atoms with Crippen molar-refractivity contribution in [2.24, 2.45) is 0 Å². The normalized spacial score (nSPS) is 10.5. The van der Waals surface area contributed by atoms with E-state index in [1.54, 1.807) is 6.20 Å². The van der Waals surface area contributed by atoms with Crippen molar-refractivity contribution in [3.05, 3.63) is 66.4 Å². The van der Waals surface area contributed by atoms with Crippen molar-refractivity contribution in [3.63, 3.8) is 0 Å². The summed E-state index contributed by atoms with van der Waals surface area (Å²) in [5.74, 6) is -0.125. The molecule has 0 atom stereocenters. The van der Waals surface area contributed by atoms with Crippen LogP contribution in [0, 0.1) is 0 Å². The number of pyridine rings is 1. The number of anilines is 2. The topological polar surface area (TPSA) is 45.2 Å². The average Bonchev–Trinajstić information content (AvgIpc) is 2.55. The fourth-order valence-corrected chi connectivity index (χ4v) is 2.33. The van der Waals surface area contributed by atoms with Crippen molar-refractivity contribution in [1.29, 1.82) is 0 Å². The predicted molar refractivity (Wildman–Crippen MR) is 90.5 cm³/mol. The molecule has 22 heavy (non-hydrogen) atoms. The minimum atomic E-state index is -0.125. The highest BCUT2D eigenvalue weighted by Gasteiger charge is 2.09. The van der Waals surface area contributed by atoms with E-state index in [9.17, 15) is 4.79 Å². The molecule has 1 N–H and O–H groups in total. The van der Waals surface area contributed by atoms with E-state index < -0.39 is 0 Å². The molecule has 0 spiro atoms. The van der Waals surface area contributed by atoms with Crippen LogP contribution in [0.5, 0.6) is 0 Å². The molecular weight excluding hydrogens is 274 g/mol. The molecule has 0 saturated carbocycles. The highest BCUT2D eigenvalue weighted by molar-refractivity contribution is 6.09. The molecular formula is C18H17N3O. The molecule has 0 saturated heterocycles. The third-order valence-corrected chi connectivity index (χ3v) is 3.52. The summed E-state index contributed by atoms with van der Waals surface area (Å²) in [6.07, 6.45) is 1.74. The van der Waals surface area contributed by atoms with Gasteiger partial charge in [0.15, 0.2) is 0 Å². The zero-order valence-corrected chi connectivity index (χ0v) is 12.6. The summed E-state index contributed by atoms with van der Waals surface area (Å²) in [6.45, 7) is 0. The maximum atomic E-state index is 12.5. The lowest BCUT2D eigenvalue weighted by Crippen LogP contribution is -2.14. The second kappa shape index (κ2) is 5.85. The smallest absolute Gasteiger partial charge is 0.255 e. The summed E-state index contributed by atoms with van der Waals surface area (Å²) in [4.78, 5) is 18.8. The number of rotatable bonds is 3. The van der Waals surface area contributed by atoms with Gasteiger partial charge in [-0.25, -0.2) is 0 Å². The van der Waals surface area contributed by atoms with Gasteiger partial charge in [0.25, 0.3) is 5.91 Å². The number of fused-ring (bicyclic) bond motifs is 1. The van der Waals surface area contributed by atoms with Gasteiger partial charge in [0.1, 0.15) is 0 Å². The first-order valence-electron chi connectivity index (χ1n) is 7.07. The van der Waals surface area contributed by atoms with Crippen LogP contribution in [0.25, 0.3) is 10.9 Å².